The summed E-state index contributed by atoms with van der Waals surface area (Å²) >= 11 is 1.94. The van der Waals surface area contributed by atoms with Crippen molar-refractivity contribution in [2.24, 2.45) is 5.73 Å². The standard InChI is InChI=1S/C17H19NS/c1-12-5-4-6-13(9-12)10-15(18)17-11-14-7-2-3-8-16(14)19-17/h2-9,15,17H,10-11,18H2,1H3. The molecule has 1 aliphatic heterocycles. The van der Waals surface area contributed by atoms with Gasteiger partial charge in [-0.2, -0.15) is 0 Å². The molecule has 0 aliphatic carbocycles. The van der Waals surface area contributed by atoms with Crippen molar-refractivity contribution in [3.8, 4) is 0 Å². The molecule has 0 bridgehead atoms. The molecule has 2 aromatic rings. The first-order chi connectivity index (χ1) is 9.22. The lowest BCUT2D eigenvalue weighted by atomic mass is 9.99. The van der Waals surface area contributed by atoms with Gasteiger partial charge in [0.15, 0.2) is 0 Å². The minimum atomic E-state index is 0.221. The second kappa shape index (κ2) is 5.40. The summed E-state index contributed by atoms with van der Waals surface area (Å²) in [7, 11) is 0. The lowest BCUT2D eigenvalue weighted by Crippen LogP contribution is -2.34. The Morgan fingerprint density at radius 2 is 2.05 bits per heavy atom. The third-order valence-electron chi connectivity index (χ3n) is 3.70. The summed E-state index contributed by atoms with van der Waals surface area (Å²) < 4.78 is 0. The number of nitrogens with two attached hydrogens (primary N) is 1. The van der Waals surface area contributed by atoms with Crippen LogP contribution < -0.4 is 5.73 Å². The van der Waals surface area contributed by atoms with Crippen molar-refractivity contribution in [2.45, 2.75) is 36.0 Å². The van der Waals surface area contributed by atoms with E-state index in [-0.39, 0.29) is 6.04 Å². The average Bonchev–Trinajstić information content (AvgIpc) is 2.82. The fourth-order valence-electron chi connectivity index (χ4n) is 2.69. The van der Waals surface area contributed by atoms with E-state index in [1.54, 1.807) is 0 Å². The van der Waals surface area contributed by atoms with Crippen molar-refractivity contribution < 1.29 is 0 Å². The molecule has 0 saturated heterocycles. The van der Waals surface area contributed by atoms with E-state index in [9.17, 15) is 0 Å². The number of thioether (sulfide) groups is 1. The van der Waals surface area contributed by atoms with Crippen LogP contribution >= 0.6 is 11.8 Å². The molecule has 0 aromatic heterocycles. The highest BCUT2D eigenvalue weighted by atomic mass is 32.2. The Labute approximate surface area is 119 Å². The summed E-state index contributed by atoms with van der Waals surface area (Å²) in [6.07, 6.45) is 2.07. The van der Waals surface area contributed by atoms with Crippen LogP contribution in [0.25, 0.3) is 0 Å². The number of aryl methyl sites for hydroxylation is 1. The topological polar surface area (TPSA) is 26.0 Å². The number of rotatable bonds is 3. The molecule has 19 heavy (non-hydrogen) atoms. The van der Waals surface area contributed by atoms with Gasteiger partial charge in [-0.3, -0.25) is 0 Å². The van der Waals surface area contributed by atoms with Crippen LogP contribution in [0.15, 0.2) is 53.4 Å². The average molecular weight is 269 g/mol. The number of hydrogen-bond acceptors (Lipinski definition) is 2. The molecule has 2 heteroatoms. The van der Waals surface area contributed by atoms with Gasteiger partial charge in [-0.25, -0.2) is 0 Å². The van der Waals surface area contributed by atoms with Gasteiger partial charge in [0, 0.05) is 16.2 Å². The lowest BCUT2D eigenvalue weighted by molar-refractivity contribution is 0.632. The molecule has 2 N–H and O–H groups in total. The maximum atomic E-state index is 6.42. The molecule has 0 amide bonds. The van der Waals surface area contributed by atoms with Crippen molar-refractivity contribution in [3.63, 3.8) is 0 Å². The van der Waals surface area contributed by atoms with E-state index in [1.807, 2.05) is 11.8 Å². The van der Waals surface area contributed by atoms with Gasteiger partial charge in [0.1, 0.15) is 0 Å². The second-order valence-electron chi connectivity index (χ2n) is 5.33. The van der Waals surface area contributed by atoms with E-state index in [1.165, 1.54) is 21.6 Å². The second-order valence-corrected chi connectivity index (χ2v) is 6.61. The van der Waals surface area contributed by atoms with Crippen LogP contribution in [-0.4, -0.2) is 11.3 Å². The fourth-order valence-corrected chi connectivity index (χ4v) is 4.01. The van der Waals surface area contributed by atoms with Gasteiger partial charge in [0.05, 0.1) is 0 Å². The normalized spacial score (nSPS) is 19.2. The van der Waals surface area contributed by atoms with Crippen molar-refractivity contribution >= 4 is 11.8 Å². The van der Waals surface area contributed by atoms with E-state index in [4.69, 9.17) is 5.73 Å². The van der Waals surface area contributed by atoms with Crippen molar-refractivity contribution in [1.29, 1.82) is 0 Å². The first-order valence-corrected chi connectivity index (χ1v) is 7.66. The van der Waals surface area contributed by atoms with Crippen LogP contribution in [0.2, 0.25) is 0 Å². The zero-order chi connectivity index (χ0) is 13.2. The van der Waals surface area contributed by atoms with Crippen LogP contribution in [-0.2, 0) is 12.8 Å². The predicted molar refractivity (Wildman–Crippen MR) is 82.6 cm³/mol. The molecule has 1 aliphatic rings. The first-order valence-electron chi connectivity index (χ1n) is 6.78. The van der Waals surface area contributed by atoms with Crippen LogP contribution in [0, 0.1) is 6.92 Å². The maximum Gasteiger partial charge on any atom is 0.0290 e. The van der Waals surface area contributed by atoms with Crippen LogP contribution in [0.5, 0.6) is 0 Å². The Hall–Kier alpha value is -1.25. The molecule has 0 saturated carbocycles. The summed E-state index contributed by atoms with van der Waals surface area (Å²) in [5, 5.41) is 0.512. The van der Waals surface area contributed by atoms with Gasteiger partial charge in [-0.15, -0.1) is 11.8 Å². The van der Waals surface area contributed by atoms with E-state index in [0.717, 1.165) is 12.8 Å². The molecule has 2 atom stereocenters. The third kappa shape index (κ3) is 2.85. The third-order valence-corrected chi connectivity index (χ3v) is 5.17. The molecule has 2 unspecified atom stereocenters. The molecule has 2 aromatic carbocycles. The number of fused-ring (bicyclic) bond motifs is 1. The molecular weight excluding hydrogens is 250 g/mol. The summed E-state index contributed by atoms with van der Waals surface area (Å²) in [6.45, 7) is 2.13. The number of hydrogen-bond donors (Lipinski definition) is 1. The molecule has 98 valence electrons. The zero-order valence-electron chi connectivity index (χ0n) is 11.2. The number of benzene rings is 2. The highest BCUT2D eigenvalue weighted by molar-refractivity contribution is 8.00. The van der Waals surface area contributed by atoms with E-state index in [0.29, 0.717) is 5.25 Å². The molecule has 3 rings (SSSR count). The van der Waals surface area contributed by atoms with E-state index >= 15 is 0 Å². The Morgan fingerprint density at radius 3 is 2.84 bits per heavy atom. The first kappa shape index (κ1) is 12.8. The monoisotopic (exact) mass is 269 g/mol. The highest BCUT2D eigenvalue weighted by Gasteiger charge is 2.27. The quantitative estimate of drug-likeness (QED) is 0.921. The van der Waals surface area contributed by atoms with Gasteiger partial charge in [0.25, 0.3) is 0 Å². The highest BCUT2D eigenvalue weighted by Crippen LogP contribution is 2.38. The minimum absolute atomic E-state index is 0.221. The Kier molecular flexibility index (Phi) is 3.63. The van der Waals surface area contributed by atoms with Gasteiger partial charge >= 0.3 is 0 Å². The zero-order valence-corrected chi connectivity index (χ0v) is 12.0. The molecule has 0 spiro atoms. The Balaban J connectivity index is 1.68. The Bertz CT molecular complexity index is 554. The summed E-state index contributed by atoms with van der Waals surface area (Å²) in [6, 6.07) is 17.6. The fraction of sp³-hybridized carbons (Fsp3) is 0.294. The van der Waals surface area contributed by atoms with Crippen LogP contribution in [0.1, 0.15) is 16.7 Å². The van der Waals surface area contributed by atoms with Crippen LogP contribution in [0.3, 0.4) is 0 Å². The summed E-state index contributed by atoms with van der Waals surface area (Å²) in [5.74, 6) is 0. The minimum Gasteiger partial charge on any atom is -0.326 e. The molecule has 0 fully saturated rings. The van der Waals surface area contributed by atoms with Gasteiger partial charge < -0.3 is 5.73 Å². The van der Waals surface area contributed by atoms with E-state index in [2.05, 4.69) is 55.5 Å². The van der Waals surface area contributed by atoms with E-state index < -0.39 is 0 Å². The van der Waals surface area contributed by atoms with Crippen LogP contribution in [0.4, 0.5) is 0 Å². The molecular formula is C17H19NS. The van der Waals surface area contributed by atoms with Gasteiger partial charge in [-0.1, -0.05) is 48.0 Å². The van der Waals surface area contributed by atoms with Gasteiger partial charge in [0.2, 0.25) is 0 Å². The van der Waals surface area contributed by atoms with Gasteiger partial charge in [-0.05, 0) is 37.0 Å². The smallest absolute Gasteiger partial charge is 0.0290 e. The molecule has 1 heterocycles. The summed E-state index contributed by atoms with van der Waals surface area (Å²) in [5.41, 5.74) is 10.5. The predicted octanol–water partition coefficient (Wildman–Crippen LogP) is 3.58. The maximum absolute atomic E-state index is 6.42. The summed E-state index contributed by atoms with van der Waals surface area (Å²) in [4.78, 5) is 1.41. The molecule has 1 nitrogen and oxygen atoms in total. The lowest BCUT2D eigenvalue weighted by Gasteiger charge is -2.18. The SMILES string of the molecule is Cc1cccc(CC(N)C2Cc3ccccc3S2)c1. The molecule has 0 radical (unpaired) electrons. The largest absolute Gasteiger partial charge is 0.326 e. The van der Waals surface area contributed by atoms with Crippen molar-refractivity contribution in [3.05, 3.63) is 65.2 Å². The Morgan fingerprint density at radius 1 is 1.21 bits per heavy atom. The van der Waals surface area contributed by atoms with Crippen molar-refractivity contribution in [1.82, 2.24) is 0 Å². The van der Waals surface area contributed by atoms with Crippen molar-refractivity contribution in [2.75, 3.05) is 0 Å².